The first-order valence-electron chi connectivity index (χ1n) is 12.5. The van der Waals surface area contributed by atoms with Crippen LogP contribution in [0.1, 0.15) is 6.92 Å². The van der Waals surface area contributed by atoms with E-state index in [1.54, 1.807) is 0 Å². The minimum Gasteiger partial charge on any atom is -0.394 e. The number of aliphatic imine (C=N–C) groups is 2. The summed E-state index contributed by atoms with van der Waals surface area (Å²) in [5, 5.41) is 87.0. The zero-order valence-corrected chi connectivity index (χ0v) is 21.9. The Morgan fingerprint density at radius 2 is 1.43 bits per heavy atom. The number of aliphatic hydroxyl groups excluding tert-OH is 7. The highest BCUT2D eigenvalue weighted by Crippen LogP contribution is 2.39. The summed E-state index contributed by atoms with van der Waals surface area (Å²) in [6.45, 7) is -0.199. The van der Waals surface area contributed by atoms with Gasteiger partial charge in [0.2, 0.25) is 0 Å². The average Bonchev–Trinajstić information content (AvgIpc) is 3.13. The molecular formula is C21H41N7O12. The SMILES string of the molecule is CN[C@H]1[C@H](O[C@@H]2[C@H](O[C@@H]3[C@H](O)[C@@H](O)[C@H](N=C(N)N)[C@@H](O)[C@@H]3N=C(N)N)O[C@@H](C)[C@]2(O)CO)O[C@@H](CO)[C@H](O)[C@H]1O. The van der Waals surface area contributed by atoms with Crippen LogP contribution in [0.15, 0.2) is 9.98 Å². The zero-order chi connectivity index (χ0) is 30.1. The van der Waals surface area contributed by atoms with Crippen molar-refractivity contribution in [3.63, 3.8) is 0 Å². The van der Waals surface area contributed by atoms with E-state index < -0.39 is 116 Å². The molecule has 0 radical (unpaired) electrons. The Morgan fingerprint density at radius 3 is 1.95 bits per heavy atom. The lowest BCUT2D eigenvalue weighted by atomic mass is 9.81. The number of hydrogen-bond donors (Lipinski definition) is 13. The normalized spacial score (nSPS) is 47.5. The molecule has 17 N–H and O–H groups in total. The lowest BCUT2D eigenvalue weighted by Crippen LogP contribution is -2.66. The Balaban J connectivity index is 1.96. The minimum atomic E-state index is -2.15. The van der Waals surface area contributed by atoms with E-state index in [4.69, 9.17) is 41.9 Å². The number of hydrogen-bond acceptors (Lipinski definition) is 15. The highest BCUT2D eigenvalue weighted by atomic mass is 16.8. The zero-order valence-electron chi connectivity index (χ0n) is 21.9. The van der Waals surface area contributed by atoms with Gasteiger partial charge in [0.1, 0.15) is 66.5 Å². The van der Waals surface area contributed by atoms with Crippen LogP contribution in [0.3, 0.4) is 0 Å². The maximum absolute atomic E-state index is 11.3. The molecule has 2 aliphatic heterocycles. The molecule has 0 unspecified atom stereocenters. The van der Waals surface area contributed by atoms with Gasteiger partial charge in [-0.05, 0) is 14.0 Å². The molecule has 0 aromatic rings. The molecule has 3 fully saturated rings. The van der Waals surface area contributed by atoms with Crippen LogP contribution in [0.25, 0.3) is 0 Å². The number of likely N-dealkylation sites (N-methyl/N-ethyl adjacent to an activating group) is 1. The molecule has 2 heterocycles. The molecule has 0 bridgehead atoms. The van der Waals surface area contributed by atoms with Crippen molar-refractivity contribution in [2.75, 3.05) is 20.3 Å². The molecule has 1 aliphatic carbocycles. The van der Waals surface area contributed by atoms with Gasteiger partial charge in [-0.2, -0.15) is 0 Å². The van der Waals surface area contributed by atoms with E-state index in [-0.39, 0.29) is 0 Å². The Labute approximate surface area is 229 Å². The summed E-state index contributed by atoms with van der Waals surface area (Å²) in [5.74, 6) is -1.01. The van der Waals surface area contributed by atoms with E-state index in [0.717, 1.165) is 0 Å². The van der Waals surface area contributed by atoms with E-state index in [9.17, 15) is 40.9 Å². The van der Waals surface area contributed by atoms with Crippen molar-refractivity contribution in [3.8, 4) is 0 Å². The Bertz CT molecular complexity index is 911. The fourth-order valence-corrected chi connectivity index (χ4v) is 5.17. The van der Waals surface area contributed by atoms with Gasteiger partial charge in [-0.3, -0.25) is 0 Å². The van der Waals surface area contributed by atoms with Gasteiger partial charge in [0.15, 0.2) is 24.5 Å². The van der Waals surface area contributed by atoms with Crippen LogP contribution in [0.5, 0.6) is 0 Å². The topological polar surface area (TPSA) is 340 Å². The summed E-state index contributed by atoms with van der Waals surface area (Å²) in [4.78, 5) is 7.66. The highest BCUT2D eigenvalue weighted by molar-refractivity contribution is 5.76. The van der Waals surface area contributed by atoms with Gasteiger partial charge in [-0.1, -0.05) is 0 Å². The van der Waals surface area contributed by atoms with Gasteiger partial charge >= 0.3 is 0 Å². The molecule has 0 aromatic carbocycles. The molecule has 19 nitrogen and oxygen atoms in total. The van der Waals surface area contributed by atoms with Crippen LogP contribution in [-0.4, -0.2) is 164 Å². The van der Waals surface area contributed by atoms with E-state index in [1.807, 2.05) is 0 Å². The van der Waals surface area contributed by atoms with E-state index in [1.165, 1.54) is 14.0 Å². The minimum absolute atomic E-state index is 0.493. The van der Waals surface area contributed by atoms with Crippen LogP contribution in [0, 0.1) is 0 Å². The number of nitrogens with zero attached hydrogens (tertiary/aromatic N) is 2. The predicted octanol–water partition coefficient (Wildman–Crippen LogP) is -8.37. The first kappa shape index (κ1) is 32.5. The average molecular weight is 584 g/mol. The van der Waals surface area contributed by atoms with Gasteiger partial charge < -0.3 is 88.1 Å². The van der Waals surface area contributed by atoms with Gasteiger partial charge in [0.25, 0.3) is 0 Å². The smallest absolute Gasteiger partial charge is 0.187 e. The van der Waals surface area contributed by atoms with Crippen LogP contribution < -0.4 is 28.3 Å². The van der Waals surface area contributed by atoms with Crippen LogP contribution in [0.4, 0.5) is 0 Å². The third kappa shape index (κ3) is 6.11. The molecular weight excluding hydrogens is 542 g/mol. The first-order valence-corrected chi connectivity index (χ1v) is 12.5. The summed E-state index contributed by atoms with van der Waals surface area (Å²) in [6, 6.07) is -4.00. The molecule has 19 heteroatoms. The number of nitrogens with one attached hydrogen (secondary N) is 1. The van der Waals surface area contributed by atoms with Crippen molar-refractivity contribution in [2.24, 2.45) is 32.9 Å². The van der Waals surface area contributed by atoms with Crippen LogP contribution in [0.2, 0.25) is 0 Å². The Hall–Kier alpha value is -1.98. The van der Waals surface area contributed by atoms with Gasteiger partial charge in [-0.25, -0.2) is 9.98 Å². The van der Waals surface area contributed by atoms with Crippen molar-refractivity contribution in [1.29, 1.82) is 0 Å². The molecule has 3 rings (SSSR count). The third-order valence-corrected chi connectivity index (χ3v) is 7.49. The molecule has 15 atom stereocenters. The van der Waals surface area contributed by atoms with Crippen molar-refractivity contribution >= 4 is 11.9 Å². The second kappa shape index (κ2) is 12.9. The lowest BCUT2D eigenvalue weighted by molar-refractivity contribution is -0.317. The first-order chi connectivity index (χ1) is 18.7. The number of aliphatic hydroxyl groups is 8. The molecule has 3 aliphatic rings. The van der Waals surface area contributed by atoms with E-state index >= 15 is 0 Å². The Kier molecular flexibility index (Phi) is 10.5. The molecule has 0 amide bonds. The maximum atomic E-state index is 11.3. The quantitative estimate of drug-likeness (QED) is 0.0884. The molecule has 0 aromatic heterocycles. The summed E-state index contributed by atoms with van der Waals surface area (Å²) in [7, 11) is 1.44. The van der Waals surface area contributed by atoms with Crippen molar-refractivity contribution < 1.29 is 59.8 Å². The summed E-state index contributed by atoms with van der Waals surface area (Å²) >= 11 is 0. The highest BCUT2D eigenvalue weighted by Gasteiger charge is 2.60. The van der Waals surface area contributed by atoms with Crippen LogP contribution >= 0.6 is 0 Å². The molecule has 2 saturated heterocycles. The molecule has 1 saturated carbocycles. The standard InChI is InChI=1S/C21H41N7O12/c1-5-21(36,4-30)16(40-17-9(26-2)13(34)10(31)6(3-29)38-17)18(37-5)39-15-8(28-20(24)25)11(32)7(27-19(22)23)12(33)14(15)35/h5-18,26,29-36H,3-4H2,1-2H3,(H4,22,23,27)(H4,24,25,28)/t5-,6-,7+,8-,9+,10-,11+,12-,13-,14+,15-,16+,17-,18-,21+/m0/s1. The second-order valence-electron chi connectivity index (χ2n) is 10.0. The largest absolute Gasteiger partial charge is 0.394 e. The van der Waals surface area contributed by atoms with Gasteiger partial charge in [0, 0.05) is 0 Å². The van der Waals surface area contributed by atoms with Crippen LogP contribution in [-0.2, 0) is 18.9 Å². The fourth-order valence-electron chi connectivity index (χ4n) is 5.17. The van der Waals surface area contributed by atoms with Crippen molar-refractivity contribution in [3.05, 3.63) is 0 Å². The van der Waals surface area contributed by atoms with Gasteiger partial charge in [0.05, 0.1) is 25.4 Å². The lowest BCUT2D eigenvalue weighted by Gasteiger charge is -2.45. The van der Waals surface area contributed by atoms with E-state index in [0.29, 0.717) is 0 Å². The summed E-state index contributed by atoms with van der Waals surface area (Å²) in [6.07, 6.45) is -16.9. The molecule has 0 spiro atoms. The molecule has 40 heavy (non-hydrogen) atoms. The third-order valence-electron chi connectivity index (χ3n) is 7.49. The number of ether oxygens (including phenoxy) is 4. The second-order valence-corrected chi connectivity index (χ2v) is 10.0. The van der Waals surface area contributed by atoms with Gasteiger partial charge in [-0.15, -0.1) is 0 Å². The maximum Gasteiger partial charge on any atom is 0.187 e. The summed E-state index contributed by atoms with van der Waals surface area (Å²) < 4.78 is 23.2. The Morgan fingerprint density at radius 1 is 0.825 bits per heavy atom. The van der Waals surface area contributed by atoms with Crippen molar-refractivity contribution in [2.45, 2.75) is 98.2 Å². The monoisotopic (exact) mass is 583 g/mol. The number of guanidine groups is 2. The number of nitrogens with two attached hydrogens (primary N) is 4. The fraction of sp³-hybridized carbons (Fsp3) is 0.905. The van der Waals surface area contributed by atoms with E-state index in [2.05, 4.69) is 15.3 Å². The summed E-state index contributed by atoms with van der Waals surface area (Å²) in [5.41, 5.74) is 19.7. The molecule has 232 valence electrons. The predicted molar refractivity (Wildman–Crippen MR) is 134 cm³/mol. The van der Waals surface area contributed by atoms with Crippen molar-refractivity contribution in [1.82, 2.24) is 5.32 Å². The number of rotatable bonds is 9.